The third kappa shape index (κ3) is 4.54. The average Bonchev–Trinajstić information content (AvgIpc) is 2.73. The van der Waals surface area contributed by atoms with Crippen molar-refractivity contribution >= 4 is 63.0 Å². The van der Waals surface area contributed by atoms with Crippen molar-refractivity contribution in [3.05, 3.63) is 87.6 Å². The van der Waals surface area contributed by atoms with Crippen LogP contribution >= 0.6 is 34.8 Å². The quantitative estimate of drug-likeness (QED) is 0.327. The Kier molecular flexibility index (Phi) is 5.92. The first kappa shape index (κ1) is 21.2. The molecule has 0 heterocycles. The van der Waals surface area contributed by atoms with E-state index in [2.05, 4.69) is 10.6 Å². The van der Waals surface area contributed by atoms with E-state index in [1.165, 1.54) is 30.3 Å². The number of hydrogen-bond acceptors (Lipinski definition) is 2. The zero-order valence-electron chi connectivity index (χ0n) is 15.7. The molecule has 2 amide bonds. The van der Waals surface area contributed by atoms with Crippen LogP contribution in [-0.2, 0) is 0 Å². The van der Waals surface area contributed by atoms with Crippen molar-refractivity contribution in [3.63, 3.8) is 0 Å². The van der Waals surface area contributed by atoms with Crippen molar-refractivity contribution in [2.75, 3.05) is 10.6 Å². The summed E-state index contributed by atoms with van der Waals surface area (Å²) in [5.41, 5.74) is 2.05. The molecule has 2 N–H and O–H groups in total. The van der Waals surface area contributed by atoms with Gasteiger partial charge in [-0.25, -0.2) is 9.18 Å². The van der Waals surface area contributed by atoms with Crippen molar-refractivity contribution < 1.29 is 14.3 Å². The molecule has 0 fully saturated rings. The number of amides is 2. The van der Waals surface area contributed by atoms with Crippen LogP contribution in [0.5, 0.6) is 5.75 Å². The van der Waals surface area contributed by atoms with Crippen LogP contribution in [-0.4, -0.2) is 6.03 Å². The van der Waals surface area contributed by atoms with E-state index in [0.29, 0.717) is 32.6 Å². The van der Waals surface area contributed by atoms with Crippen LogP contribution in [0.3, 0.4) is 0 Å². The van der Waals surface area contributed by atoms with Crippen LogP contribution in [0.4, 0.5) is 20.6 Å². The van der Waals surface area contributed by atoms with Crippen molar-refractivity contribution in [2.24, 2.45) is 0 Å². The third-order valence-corrected chi connectivity index (χ3v) is 5.54. The fraction of sp³-hybridized carbons (Fsp3) is 0. The van der Waals surface area contributed by atoms with Gasteiger partial charge in [0.05, 0.1) is 20.8 Å². The molecule has 0 aliphatic heterocycles. The summed E-state index contributed by atoms with van der Waals surface area (Å²) in [5.74, 6) is -0.769. The Morgan fingerprint density at radius 3 is 2.32 bits per heavy atom. The Hall–Kier alpha value is -2.99. The van der Waals surface area contributed by atoms with E-state index in [0.717, 1.165) is 0 Å². The number of fused-ring (bicyclic) bond motifs is 1. The van der Waals surface area contributed by atoms with Gasteiger partial charge in [0.2, 0.25) is 0 Å². The summed E-state index contributed by atoms with van der Waals surface area (Å²) < 4.78 is 13.8. The molecule has 4 rings (SSSR count). The number of urea groups is 1. The lowest BCUT2D eigenvalue weighted by Crippen LogP contribution is -2.20. The maximum Gasteiger partial charge on any atom is 0.323 e. The molecule has 4 aromatic rings. The van der Waals surface area contributed by atoms with E-state index < -0.39 is 11.8 Å². The summed E-state index contributed by atoms with van der Waals surface area (Å²) in [4.78, 5) is 12.6. The van der Waals surface area contributed by atoms with Gasteiger partial charge in [0.1, 0.15) is 5.82 Å². The smallest absolute Gasteiger partial charge is 0.323 e. The van der Waals surface area contributed by atoms with Crippen molar-refractivity contribution in [1.82, 2.24) is 0 Å². The van der Waals surface area contributed by atoms with Crippen molar-refractivity contribution in [1.29, 1.82) is 0 Å². The van der Waals surface area contributed by atoms with Crippen LogP contribution in [0.1, 0.15) is 0 Å². The largest absolute Gasteiger partial charge is 0.872 e. The molecule has 0 saturated carbocycles. The molecular weight excluding hydrogens is 462 g/mol. The van der Waals surface area contributed by atoms with Crippen LogP contribution in [0.15, 0.2) is 66.7 Å². The molecule has 8 heteroatoms. The topological polar surface area (TPSA) is 64.2 Å². The number of rotatable bonds is 3. The highest BCUT2D eigenvalue weighted by Gasteiger charge is 2.13. The Labute approximate surface area is 192 Å². The van der Waals surface area contributed by atoms with Gasteiger partial charge >= 0.3 is 6.03 Å². The van der Waals surface area contributed by atoms with Crippen LogP contribution in [0, 0.1) is 5.82 Å². The maximum atomic E-state index is 13.8. The highest BCUT2D eigenvalue weighted by atomic mass is 35.5. The molecule has 0 saturated heterocycles. The number of carbonyl (C=O) groups excluding carboxylic acids is 1. The van der Waals surface area contributed by atoms with Crippen LogP contribution in [0.2, 0.25) is 15.1 Å². The van der Waals surface area contributed by atoms with Crippen molar-refractivity contribution in [2.45, 2.75) is 0 Å². The normalized spacial score (nSPS) is 10.8. The van der Waals surface area contributed by atoms with Gasteiger partial charge in [-0.2, -0.15) is 0 Å². The minimum atomic E-state index is -0.568. The van der Waals surface area contributed by atoms with Gasteiger partial charge in [-0.05, 0) is 41.5 Å². The van der Waals surface area contributed by atoms with Gasteiger partial charge in [-0.3, -0.25) is 0 Å². The first-order valence-electron chi connectivity index (χ1n) is 9.04. The predicted octanol–water partition coefficient (Wildman–Crippen LogP) is 7.32. The van der Waals surface area contributed by atoms with E-state index in [1.54, 1.807) is 36.4 Å². The summed E-state index contributed by atoms with van der Waals surface area (Å²) in [6.07, 6.45) is 0. The highest BCUT2D eigenvalue weighted by molar-refractivity contribution is 6.41. The lowest BCUT2D eigenvalue weighted by Gasteiger charge is -2.15. The molecule has 0 aliphatic rings. The third-order valence-electron chi connectivity index (χ3n) is 4.62. The monoisotopic (exact) mass is 473 g/mol. The van der Waals surface area contributed by atoms with Crippen molar-refractivity contribution in [3.8, 4) is 16.9 Å². The minimum Gasteiger partial charge on any atom is -0.872 e. The number of carbonyl (C=O) groups is 1. The van der Waals surface area contributed by atoms with E-state index in [4.69, 9.17) is 34.8 Å². The van der Waals surface area contributed by atoms with E-state index >= 15 is 0 Å². The average molecular weight is 475 g/mol. The fourth-order valence-electron chi connectivity index (χ4n) is 3.18. The summed E-state index contributed by atoms with van der Waals surface area (Å²) in [5, 5.41) is 18.8. The molecule has 0 aromatic heterocycles. The molecule has 4 nitrogen and oxygen atoms in total. The highest BCUT2D eigenvalue weighted by Crippen LogP contribution is 2.37. The minimum absolute atomic E-state index is 0.0331. The second kappa shape index (κ2) is 8.63. The Bertz CT molecular complexity index is 1330. The Morgan fingerprint density at radius 2 is 1.55 bits per heavy atom. The van der Waals surface area contributed by atoms with Gasteiger partial charge in [0, 0.05) is 16.5 Å². The Balaban J connectivity index is 1.60. The van der Waals surface area contributed by atoms with Crippen LogP contribution in [0.25, 0.3) is 21.9 Å². The number of hydrogen-bond donors (Lipinski definition) is 2. The zero-order chi connectivity index (χ0) is 22.1. The van der Waals surface area contributed by atoms with Gasteiger partial charge < -0.3 is 15.7 Å². The number of benzene rings is 4. The van der Waals surface area contributed by atoms with E-state index in [-0.39, 0.29) is 21.5 Å². The standard InChI is InChI=1S/C23H14Cl3FN2O2/c24-18-7-4-13(9-21(18)27)12-2-1-3-14(8-12)28-23(31)29-22-17-10-15(30)5-6-16(17)19(25)11-20(22)26/h1-11,30H,(H2,28,29,31)/p-1. The SMILES string of the molecule is O=C(Nc1cccc(-c2ccc(Cl)c(F)c2)c1)Nc1c(Cl)cc(Cl)c2ccc([O-])cc12. The lowest BCUT2D eigenvalue weighted by atomic mass is 10.1. The second-order valence-electron chi connectivity index (χ2n) is 6.71. The zero-order valence-corrected chi connectivity index (χ0v) is 17.9. The van der Waals surface area contributed by atoms with Crippen LogP contribution < -0.4 is 15.7 Å². The van der Waals surface area contributed by atoms with Gasteiger partial charge in [-0.15, -0.1) is 5.75 Å². The Morgan fingerprint density at radius 1 is 0.774 bits per heavy atom. The van der Waals surface area contributed by atoms with E-state index in [1.807, 2.05) is 0 Å². The fourth-order valence-corrected chi connectivity index (χ4v) is 3.89. The first-order valence-corrected chi connectivity index (χ1v) is 10.2. The summed E-state index contributed by atoms with van der Waals surface area (Å²) in [6.45, 7) is 0. The molecule has 0 radical (unpaired) electrons. The summed E-state index contributed by atoms with van der Waals surface area (Å²) >= 11 is 18.2. The maximum absolute atomic E-state index is 13.8. The predicted molar refractivity (Wildman–Crippen MR) is 123 cm³/mol. The molecule has 0 aliphatic carbocycles. The van der Waals surface area contributed by atoms with Gasteiger partial charge in [-0.1, -0.05) is 71.2 Å². The summed E-state index contributed by atoms with van der Waals surface area (Å²) in [7, 11) is 0. The number of halogens is 4. The molecule has 4 aromatic carbocycles. The molecule has 0 spiro atoms. The van der Waals surface area contributed by atoms with E-state index in [9.17, 15) is 14.3 Å². The number of nitrogens with one attached hydrogen (secondary N) is 2. The first-order chi connectivity index (χ1) is 14.8. The second-order valence-corrected chi connectivity index (χ2v) is 7.93. The molecule has 0 atom stereocenters. The molecule has 31 heavy (non-hydrogen) atoms. The molecular formula is C23H13Cl3FN2O2-. The molecule has 0 unspecified atom stereocenters. The van der Waals surface area contributed by atoms with Gasteiger partial charge in [0.25, 0.3) is 0 Å². The lowest BCUT2D eigenvalue weighted by molar-refractivity contribution is -0.268. The van der Waals surface area contributed by atoms with Gasteiger partial charge in [0.15, 0.2) is 0 Å². The number of anilines is 2. The molecule has 156 valence electrons. The summed E-state index contributed by atoms with van der Waals surface area (Å²) in [6, 6.07) is 16.6. The molecule has 0 bridgehead atoms.